The molecule has 1 atom stereocenters. The number of aromatic nitrogens is 2. The average molecular weight is 366 g/mol. The molecule has 144 valence electrons. The summed E-state index contributed by atoms with van der Waals surface area (Å²) in [4.78, 5) is 2.52. The van der Waals surface area contributed by atoms with Crippen LogP contribution in [0.3, 0.4) is 0 Å². The van der Waals surface area contributed by atoms with E-state index in [0.717, 1.165) is 41.8 Å². The molecule has 1 aromatic heterocycles. The van der Waals surface area contributed by atoms with E-state index in [2.05, 4.69) is 63.7 Å². The maximum absolute atomic E-state index is 6.05. The van der Waals surface area contributed by atoms with Gasteiger partial charge in [0.05, 0.1) is 11.7 Å². The Labute approximate surface area is 162 Å². The van der Waals surface area contributed by atoms with Crippen LogP contribution in [0, 0.1) is 6.92 Å². The lowest BCUT2D eigenvalue weighted by atomic mass is 10.0. The molecule has 1 saturated heterocycles. The highest BCUT2D eigenvalue weighted by atomic mass is 15.2. The number of nitrogen functional groups attached to an aromatic ring is 1. The second-order valence-corrected chi connectivity index (χ2v) is 7.08. The number of likely N-dealkylation sites (tertiary alicyclic amines) is 1. The average Bonchev–Trinajstić information content (AvgIpc) is 3.15. The van der Waals surface area contributed by atoms with Crippen molar-refractivity contribution in [3.8, 4) is 0 Å². The molecular formula is C22H31N5. The molecule has 1 fully saturated rings. The van der Waals surface area contributed by atoms with Gasteiger partial charge in [0.2, 0.25) is 0 Å². The summed E-state index contributed by atoms with van der Waals surface area (Å²) >= 11 is 0. The molecule has 27 heavy (non-hydrogen) atoms. The fourth-order valence-electron chi connectivity index (χ4n) is 3.63. The number of aryl methyl sites for hydroxylation is 1. The largest absolute Gasteiger partial charge is 0.399 e. The highest BCUT2D eigenvalue weighted by Crippen LogP contribution is 2.22. The van der Waals surface area contributed by atoms with Crippen LogP contribution in [0.15, 0.2) is 42.6 Å². The zero-order valence-electron chi connectivity index (χ0n) is 16.6. The number of nitrogens with two attached hydrogens (primary N) is 1. The van der Waals surface area contributed by atoms with Gasteiger partial charge in [-0.3, -0.25) is 10.00 Å². The molecule has 5 nitrogen and oxygen atoms in total. The van der Waals surface area contributed by atoms with Gasteiger partial charge in [-0.25, -0.2) is 0 Å². The van der Waals surface area contributed by atoms with Crippen LogP contribution in [0.4, 0.5) is 11.4 Å². The van der Waals surface area contributed by atoms with Crippen LogP contribution >= 0.6 is 0 Å². The minimum absolute atomic E-state index is 0.473. The standard InChI is InChI=1S/C20H25N5.C2H6/c1-14-4-5-15(9-19(14)21)12-25-8-2-3-18(13-25)23-17-6-7-20-16(10-17)11-22-24-20;1-2/h4-7,9-11,18,23H,2-3,8,12-13,21H2,1H3,(H,22,24);1-2H3. The maximum Gasteiger partial charge on any atom is 0.0651 e. The van der Waals surface area contributed by atoms with Crippen LogP contribution in [-0.4, -0.2) is 34.2 Å². The van der Waals surface area contributed by atoms with E-state index in [-0.39, 0.29) is 0 Å². The van der Waals surface area contributed by atoms with E-state index in [4.69, 9.17) is 5.73 Å². The first-order chi connectivity index (χ1) is 13.2. The number of aromatic amines is 1. The van der Waals surface area contributed by atoms with E-state index < -0.39 is 0 Å². The Morgan fingerprint density at radius 2 is 2.07 bits per heavy atom. The molecule has 0 aliphatic carbocycles. The summed E-state index contributed by atoms with van der Waals surface area (Å²) in [6.07, 6.45) is 4.29. The number of hydrogen-bond acceptors (Lipinski definition) is 4. The molecular weight excluding hydrogens is 334 g/mol. The summed E-state index contributed by atoms with van der Waals surface area (Å²) in [5, 5.41) is 11.9. The van der Waals surface area contributed by atoms with Crippen molar-refractivity contribution in [3.05, 3.63) is 53.7 Å². The van der Waals surface area contributed by atoms with Crippen LogP contribution in [0.2, 0.25) is 0 Å². The molecule has 1 unspecified atom stereocenters. The van der Waals surface area contributed by atoms with Crippen LogP contribution in [0.1, 0.15) is 37.8 Å². The zero-order valence-corrected chi connectivity index (χ0v) is 16.6. The first-order valence-electron chi connectivity index (χ1n) is 9.94. The number of nitrogens with one attached hydrogen (secondary N) is 2. The third-order valence-electron chi connectivity index (χ3n) is 5.07. The Morgan fingerprint density at radius 3 is 2.89 bits per heavy atom. The lowest BCUT2D eigenvalue weighted by Gasteiger charge is -2.33. The molecule has 0 bridgehead atoms. The summed E-state index contributed by atoms with van der Waals surface area (Å²) in [5.74, 6) is 0. The lowest BCUT2D eigenvalue weighted by Crippen LogP contribution is -2.41. The van der Waals surface area contributed by atoms with Gasteiger partial charge in [0, 0.05) is 35.9 Å². The summed E-state index contributed by atoms with van der Waals surface area (Å²) in [7, 11) is 0. The number of benzene rings is 2. The minimum atomic E-state index is 0.473. The third-order valence-corrected chi connectivity index (χ3v) is 5.07. The van der Waals surface area contributed by atoms with Crippen LogP contribution in [0.25, 0.3) is 10.9 Å². The molecule has 5 heteroatoms. The molecule has 0 spiro atoms. The van der Waals surface area contributed by atoms with E-state index >= 15 is 0 Å². The second-order valence-electron chi connectivity index (χ2n) is 7.08. The van der Waals surface area contributed by atoms with Gasteiger partial charge in [-0.2, -0.15) is 5.10 Å². The summed E-state index contributed by atoms with van der Waals surface area (Å²) in [5.41, 5.74) is 11.6. The molecule has 2 aromatic carbocycles. The second kappa shape index (κ2) is 8.91. The van der Waals surface area contributed by atoms with Gasteiger partial charge in [0.15, 0.2) is 0 Å². The molecule has 0 radical (unpaired) electrons. The van der Waals surface area contributed by atoms with Gasteiger partial charge >= 0.3 is 0 Å². The van der Waals surface area contributed by atoms with Gasteiger partial charge < -0.3 is 11.1 Å². The van der Waals surface area contributed by atoms with Crippen LogP contribution < -0.4 is 11.1 Å². The van der Waals surface area contributed by atoms with E-state index in [9.17, 15) is 0 Å². The number of anilines is 2. The molecule has 3 aromatic rings. The summed E-state index contributed by atoms with van der Waals surface area (Å²) < 4.78 is 0. The zero-order chi connectivity index (χ0) is 19.2. The quantitative estimate of drug-likeness (QED) is 0.593. The van der Waals surface area contributed by atoms with Crippen molar-refractivity contribution >= 4 is 22.3 Å². The Bertz CT molecular complexity index is 870. The summed E-state index contributed by atoms with van der Waals surface area (Å²) in [6, 6.07) is 13.3. The van der Waals surface area contributed by atoms with Gasteiger partial charge in [-0.15, -0.1) is 0 Å². The molecule has 2 heterocycles. The molecule has 4 rings (SSSR count). The Hall–Kier alpha value is -2.53. The van der Waals surface area contributed by atoms with Crippen LogP contribution in [0.5, 0.6) is 0 Å². The minimum Gasteiger partial charge on any atom is -0.399 e. The Morgan fingerprint density at radius 1 is 1.22 bits per heavy atom. The smallest absolute Gasteiger partial charge is 0.0651 e. The van der Waals surface area contributed by atoms with Crippen molar-refractivity contribution in [3.63, 3.8) is 0 Å². The van der Waals surface area contributed by atoms with E-state index in [1.807, 2.05) is 20.0 Å². The number of piperidine rings is 1. The number of fused-ring (bicyclic) bond motifs is 1. The van der Waals surface area contributed by atoms with Gasteiger partial charge in [0.25, 0.3) is 0 Å². The molecule has 0 amide bonds. The van der Waals surface area contributed by atoms with Crippen molar-refractivity contribution in [2.75, 3.05) is 24.1 Å². The number of rotatable bonds is 4. The van der Waals surface area contributed by atoms with E-state index in [0.29, 0.717) is 6.04 Å². The molecule has 1 aliphatic rings. The fourth-order valence-corrected chi connectivity index (χ4v) is 3.63. The Balaban J connectivity index is 0.00000102. The number of hydrogen-bond donors (Lipinski definition) is 3. The van der Waals surface area contributed by atoms with E-state index in [1.165, 1.54) is 24.1 Å². The highest BCUT2D eigenvalue weighted by Gasteiger charge is 2.20. The number of H-pyrrole nitrogens is 1. The van der Waals surface area contributed by atoms with Gasteiger partial charge in [-0.1, -0.05) is 26.0 Å². The first-order valence-corrected chi connectivity index (χ1v) is 9.94. The first kappa shape index (κ1) is 19.2. The van der Waals surface area contributed by atoms with Crippen molar-refractivity contribution in [2.45, 2.75) is 46.2 Å². The van der Waals surface area contributed by atoms with Gasteiger partial charge in [0.1, 0.15) is 0 Å². The molecule has 1 aliphatic heterocycles. The monoisotopic (exact) mass is 365 g/mol. The summed E-state index contributed by atoms with van der Waals surface area (Å²) in [6.45, 7) is 9.21. The third kappa shape index (κ3) is 4.80. The van der Waals surface area contributed by atoms with Gasteiger partial charge in [-0.05, 0) is 61.7 Å². The van der Waals surface area contributed by atoms with Crippen molar-refractivity contribution in [1.82, 2.24) is 15.1 Å². The highest BCUT2D eigenvalue weighted by molar-refractivity contribution is 5.81. The SMILES string of the molecule is CC.Cc1ccc(CN2CCCC(Nc3ccc4[nH]ncc4c3)C2)cc1N. The van der Waals surface area contributed by atoms with Crippen molar-refractivity contribution in [2.24, 2.45) is 0 Å². The van der Waals surface area contributed by atoms with E-state index in [1.54, 1.807) is 0 Å². The maximum atomic E-state index is 6.05. The molecule has 0 saturated carbocycles. The van der Waals surface area contributed by atoms with Crippen LogP contribution in [-0.2, 0) is 6.54 Å². The normalized spacial score (nSPS) is 17.4. The van der Waals surface area contributed by atoms with Crippen molar-refractivity contribution < 1.29 is 0 Å². The predicted octanol–water partition coefficient (Wildman–Crippen LogP) is 4.56. The predicted molar refractivity (Wildman–Crippen MR) is 115 cm³/mol. The van der Waals surface area contributed by atoms with Crippen molar-refractivity contribution in [1.29, 1.82) is 0 Å². The Kier molecular flexibility index (Phi) is 6.35. The lowest BCUT2D eigenvalue weighted by molar-refractivity contribution is 0.208. The molecule has 4 N–H and O–H groups in total. The number of nitrogens with zero attached hydrogens (tertiary/aromatic N) is 2. The topological polar surface area (TPSA) is 70.0 Å². The fraction of sp³-hybridized carbons (Fsp3) is 0.409.